The van der Waals surface area contributed by atoms with Crippen molar-refractivity contribution in [2.45, 2.75) is 32.3 Å². The van der Waals surface area contributed by atoms with E-state index in [9.17, 15) is 4.79 Å². The molecule has 6 nitrogen and oxygen atoms in total. The van der Waals surface area contributed by atoms with Gasteiger partial charge in [-0.2, -0.15) is 0 Å². The van der Waals surface area contributed by atoms with Gasteiger partial charge in [0.25, 0.3) is 0 Å². The Morgan fingerprint density at radius 2 is 1.82 bits per heavy atom. The van der Waals surface area contributed by atoms with Gasteiger partial charge in [-0.1, -0.05) is 17.7 Å². The van der Waals surface area contributed by atoms with Crippen LogP contribution in [0.15, 0.2) is 29.6 Å². The van der Waals surface area contributed by atoms with E-state index in [-0.39, 0.29) is 6.03 Å². The molecule has 0 aliphatic carbocycles. The molecule has 2 fully saturated rings. The molecule has 0 spiro atoms. The molecule has 150 valence electrons. The zero-order valence-electron chi connectivity index (χ0n) is 16.4. The van der Waals surface area contributed by atoms with Crippen LogP contribution in [0.1, 0.15) is 35.0 Å². The van der Waals surface area contributed by atoms with Crippen molar-refractivity contribution in [1.82, 2.24) is 20.1 Å². The number of ether oxygens (including phenoxy) is 1. The highest BCUT2D eigenvalue weighted by molar-refractivity contribution is 7.09. The standard InChI is InChI=1S/C21H28N4O2S/c1-16-2-4-19(5-3-16)27-14-18-15-28-20(23-18)17-6-10-24(11-7-17)21(26)25-12-8-22-9-13-25/h2-5,15,17,22H,6-14H2,1H3. The van der Waals surface area contributed by atoms with Gasteiger partial charge < -0.3 is 19.9 Å². The predicted octanol–water partition coefficient (Wildman–Crippen LogP) is 3.24. The van der Waals surface area contributed by atoms with Crippen molar-refractivity contribution in [3.05, 3.63) is 45.9 Å². The molecule has 2 aliphatic heterocycles. The maximum absolute atomic E-state index is 12.6. The molecule has 2 aromatic rings. The molecule has 4 rings (SSSR count). The van der Waals surface area contributed by atoms with E-state index < -0.39 is 0 Å². The van der Waals surface area contributed by atoms with Gasteiger partial charge in [-0.25, -0.2) is 9.78 Å². The molecule has 0 radical (unpaired) electrons. The number of benzene rings is 1. The molecule has 2 saturated heterocycles. The maximum atomic E-state index is 12.6. The third-order valence-corrected chi connectivity index (χ3v) is 6.54. The lowest BCUT2D eigenvalue weighted by molar-refractivity contribution is 0.134. The summed E-state index contributed by atoms with van der Waals surface area (Å²) < 4.78 is 5.84. The number of hydrogen-bond acceptors (Lipinski definition) is 5. The Bertz CT molecular complexity index is 778. The summed E-state index contributed by atoms with van der Waals surface area (Å²) >= 11 is 1.72. The number of carbonyl (C=O) groups excluding carboxylic acids is 1. The van der Waals surface area contributed by atoms with Crippen LogP contribution in [0.25, 0.3) is 0 Å². The maximum Gasteiger partial charge on any atom is 0.320 e. The van der Waals surface area contributed by atoms with Gasteiger partial charge in [-0.05, 0) is 31.9 Å². The van der Waals surface area contributed by atoms with Gasteiger partial charge in [-0.3, -0.25) is 0 Å². The lowest BCUT2D eigenvalue weighted by Gasteiger charge is -2.36. The van der Waals surface area contributed by atoms with Crippen molar-refractivity contribution < 1.29 is 9.53 Å². The second kappa shape index (κ2) is 8.92. The number of likely N-dealkylation sites (tertiary alicyclic amines) is 1. The number of piperazine rings is 1. The van der Waals surface area contributed by atoms with Crippen molar-refractivity contribution in [3.63, 3.8) is 0 Å². The summed E-state index contributed by atoms with van der Waals surface area (Å²) in [4.78, 5) is 21.4. The van der Waals surface area contributed by atoms with Crippen molar-refractivity contribution in [2.24, 2.45) is 0 Å². The normalized spacial score (nSPS) is 18.3. The minimum Gasteiger partial charge on any atom is -0.487 e. The summed E-state index contributed by atoms with van der Waals surface area (Å²) in [5.41, 5.74) is 2.21. The number of urea groups is 1. The fraction of sp³-hybridized carbons (Fsp3) is 0.524. The molecular formula is C21H28N4O2S. The highest BCUT2D eigenvalue weighted by Gasteiger charge is 2.28. The number of aromatic nitrogens is 1. The highest BCUT2D eigenvalue weighted by Crippen LogP contribution is 2.31. The summed E-state index contributed by atoms with van der Waals surface area (Å²) in [5.74, 6) is 1.32. The molecule has 7 heteroatoms. The number of aryl methyl sites for hydroxylation is 1. The van der Waals surface area contributed by atoms with Gasteiger partial charge in [0, 0.05) is 50.6 Å². The van der Waals surface area contributed by atoms with Gasteiger partial charge in [0.1, 0.15) is 12.4 Å². The minimum atomic E-state index is 0.200. The van der Waals surface area contributed by atoms with E-state index in [4.69, 9.17) is 9.72 Å². The smallest absolute Gasteiger partial charge is 0.320 e. The third kappa shape index (κ3) is 4.64. The van der Waals surface area contributed by atoms with Gasteiger partial charge in [-0.15, -0.1) is 11.3 Å². The van der Waals surface area contributed by atoms with Crippen LogP contribution in [-0.2, 0) is 6.61 Å². The molecule has 2 amide bonds. The molecule has 2 aliphatic rings. The number of nitrogens with one attached hydrogen (secondary N) is 1. The lowest BCUT2D eigenvalue weighted by Crippen LogP contribution is -2.52. The van der Waals surface area contributed by atoms with Crippen molar-refractivity contribution in [2.75, 3.05) is 39.3 Å². The number of hydrogen-bond donors (Lipinski definition) is 1. The van der Waals surface area contributed by atoms with E-state index in [0.29, 0.717) is 12.5 Å². The Labute approximate surface area is 170 Å². The first-order valence-electron chi connectivity index (χ1n) is 10.1. The molecule has 0 bridgehead atoms. The van der Waals surface area contributed by atoms with Crippen LogP contribution >= 0.6 is 11.3 Å². The first-order valence-corrected chi connectivity index (χ1v) is 11.0. The third-order valence-electron chi connectivity index (χ3n) is 5.48. The fourth-order valence-electron chi connectivity index (χ4n) is 3.74. The number of amides is 2. The Kier molecular flexibility index (Phi) is 6.12. The Morgan fingerprint density at radius 1 is 1.14 bits per heavy atom. The minimum absolute atomic E-state index is 0.200. The molecule has 0 atom stereocenters. The van der Waals surface area contributed by atoms with Crippen molar-refractivity contribution >= 4 is 17.4 Å². The number of nitrogens with zero attached hydrogens (tertiary/aromatic N) is 3. The van der Waals surface area contributed by atoms with E-state index in [1.54, 1.807) is 11.3 Å². The van der Waals surface area contributed by atoms with Crippen LogP contribution in [0.2, 0.25) is 0 Å². The SMILES string of the molecule is Cc1ccc(OCc2csc(C3CCN(C(=O)N4CCNCC4)CC3)n2)cc1. The molecular weight excluding hydrogens is 372 g/mol. The highest BCUT2D eigenvalue weighted by atomic mass is 32.1. The van der Waals surface area contributed by atoms with E-state index in [1.807, 2.05) is 21.9 Å². The molecule has 1 N–H and O–H groups in total. The Morgan fingerprint density at radius 3 is 2.54 bits per heavy atom. The van der Waals surface area contributed by atoms with Crippen LogP contribution in [0.3, 0.4) is 0 Å². The summed E-state index contributed by atoms with van der Waals surface area (Å²) in [6.45, 7) is 7.64. The van der Waals surface area contributed by atoms with Gasteiger partial charge in [0.05, 0.1) is 10.7 Å². The molecule has 0 saturated carbocycles. The fourth-order valence-corrected chi connectivity index (χ4v) is 4.72. The zero-order chi connectivity index (χ0) is 19.3. The molecule has 28 heavy (non-hydrogen) atoms. The average molecular weight is 401 g/mol. The Hall–Kier alpha value is -2.12. The molecule has 1 aromatic carbocycles. The van der Waals surface area contributed by atoms with Gasteiger partial charge in [0.2, 0.25) is 0 Å². The van der Waals surface area contributed by atoms with Crippen molar-refractivity contribution in [1.29, 1.82) is 0 Å². The zero-order valence-corrected chi connectivity index (χ0v) is 17.2. The van der Waals surface area contributed by atoms with Gasteiger partial charge >= 0.3 is 6.03 Å². The number of thiazole rings is 1. The number of carbonyl (C=O) groups is 1. The molecule has 0 unspecified atom stereocenters. The number of piperidine rings is 1. The van der Waals surface area contributed by atoms with E-state index in [0.717, 1.165) is 63.6 Å². The summed E-state index contributed by atoms with van der Waals surface area (Å²) in [5, 5.41) is 6.57. The quantitative estimate of drug-likeness (QED) is 0.856. The largest absolute Gasteiger partial charge is 0.487 e. The summed E-state index contributed by atoms with van der Waals surface area (Å²) in [6, 6.07) is 8.29. The van der Waals surface area contributed by atoms with Crippen molar-refractivity contribution in [3.8, 4) is 5.75 Å². The number of rotatable bonds is 4. The van der Waals surface area contributed by atoms with E-state index >= 15 is 0 Å². The summed E-state index contributed by atoms with van der Waals surface area (Å²) in [6.07, 6.45) is 1.98. The monoisotopic (exact) mass is 400 g/mol. The van der Waals surface area contributed by atoms with Crippen LogP contribution in [0.4, 0.5) is 4.79 Å². The lowest BCUT2D eigenvalue weighted by atomic mass is 9.98. The van der Waals surface area contributed by atoms with Crippen LogP contribution in [-0.4, -0.2) is 60.1 Å². The van der Waals surface area contributed by atoms with Gasteiger partial charge in [0.15, 0.2) is 0 Å². The predicted molar refractivity (Wildman–Crippen MR) is 111 cm³/mol. The van der Waals surface area contributed by atoms with Crippen LogP contribution in [0, 0.1) is 6.92 Å². The average Bonchev–Trinajstić information content (AvgIpc) is 3.23. The van der Waals surface area contributed by atoms with E-state index in [1.165, 1.54) is 10.6 Å². The first kappa shape index (κ1) is 19.2. The second-order valence-corrected chi connectivity index (χ2v) is 8.45. The molecule has 3 heterocycles. The second-order valence-electron chi connectivity index (χ2n) is 7.56. The molecule has 1 aromatic heterocycles. The first-order chi connectivity index (χ1) is 13.7. The van der Waals surface area contributed by atoms with Crippen LogP contribution in [0.5, 0.6) is 5.75 Å². The van der Waals surface area contributed by atoms with E-state index in [2.05, 4.69) is 29.8 Å². The van der Waals surface area contributed by atoms with Crippen LogP contribution < -0.4 is 10.1 Å². The topological polar surface area (TPSA) is 57.7 Å². The summed E-state index contributed by atoms with van der Waals surface area (Å²) in [7, 11) is 0. The Balaban J connectivity index is 1.26.